The van der Waals surface area contributed by atoms with Crippen molar-refractivity contribution >= 4 is 38.4 Å². The van der Waals surface area contributed by atoms with Gasteiger partial charge in [-0.2, -0.15) is 0 Å². The lowest BCUT2D eigenvalue weighted by Gasteiger charge is -2.07. The lowest BCUT2D eigenvalue weighted by Crippen LogP contribution is -1.98. The van der Waals surface area contributed by atoms with Crippen LogP contribution in [0.3, 0.4) is 0 Å². The maximum atomic E-state index is 12.2. The van der Waals surface area contributed by atoms with Crippen molar-refractivity contribution in [2.45, 2.75) is 6.54 Å². The molecule has 4 aromatic rings. The molecule has 0 aliphatic rings. The minimum Gasteiger partial charge on any atom is -0.493 e. The minimum atomic E-state index is -0.499. The number of benzene rings is 2. The number of hydrogen-bond donors (Lipinski definition) is 1. The van der Waals surface area contributed by atoms with E-state index in [0.29, 0.717) is 17.5 Å². The van der Waals surface area contributed by atoms with Crippen molar-refractivity contribution in [1.82, 2.24) is 9.55 Å². The highest BCUT2D eigenvalue weighted by Gasteiger charge is 2.18. The van der Waals surface area contributed by atoms with Gasteiger partial charge in [-0.25, -0.2) is 0 Å². The Hall–Kier alpha value is -3.32. The molecule has 2 aromatic heterocycles. The summed E-state index contributed by atoms with van der Waals surface area (Å²) in [5.74, 6) is -0.538. The summed E-state index contributed by atoms with van der Waals surface area (Å²) in [5.41, 5.74) is 2.48. The molecule has 1 N–H and O–H groups in total. The van der Waals surface area contributed by atoms with Gasteiger partial charge in [-0.15, -0.1) is 10.2 Å². The van der Waals surface area contributed by atoms with Crippen molar-refractivity contribution in [3.63, 3.8) is 0 Å². The van der Waals surface area contributed by atoms with Crippen LogP contribution in [0.15, 0.2) is 87.8 Å². The number of hydrogen-bond acceptors (Lipinski definition) is 4. The maximum absolute atomic E-state index is 12.2. The van der Waals surface area contributed by atoms with Gasteiger partial charge in [0.2, 0.25) is 5.88 Å². The Morgan fingerprint density at radius 2 is 1.82 bits per heavy atom. The van der Waals surface area contributed by atoms with Crippen LogP contribution in [0.1, 0.15) is 15.9 Å². The van der Waals surface area contributed by atoms with Crippen molar-refractivity contribution in [3.8, 4) is 5.88 Å². The molecule has 0 fully saturated rings. The Labute approximate surface area is 169 Å². The van der Waals surface area contributed by atoms with Crippen molar-refractivity contribution in [1.29, 1.82) is 0 Å². The summed E-state index contributed by atoms with van der Waals surface area (Å²) in [6, 6.07) is 18.6. The standard InChI is InChI=1S/C21H15BrN4O2/c22-16-6-7-18-17(12-16)19(24-25-20(27)15-8-10-23-11-9-15)21(28)26(18)13-14-4-2-1-3-5-14/h1-12,28H,13H2. The molecule has 0 radical (unpaired) electrons. The average Bonchev–Trinajstić information content (AvgIpc) is 2.98. The van der Waals surface area contributed by atoms with E-state index in [1.54, 1.807) is 16.7 Å². The van der Waals surface area contributed by atoms with Gasteiger partial charge in [-0.05, 0) is 35.9 Å². The zero-order valence-electron chi connectivity index (χ0n) is 14.7. The third-order valence-corrected chi connectivity index (χ3v) is 4.82. The second kappa shape index (κ2) is 7.74. The zero-order valence-corrected chi connectivity index (χ0v) is 16.2. The second-order valence-corrected chi connectivity index (χ2v) is 7.06. The molecule has 0 saturated heterocycles. The number of rotatable bonds is 4. The van der Waals surface area contributed by atoms with Gasteiger partial charge in [0.15, 0.2) is 5.69 Å². The fourth-order valence-corrected chi connectivity index (χ4v) is 3.33. The Morgan fingerprint density at radius 3 is 2.57 bits per heavy atom. The number of carbonyl (C=O) groups excluding carboxylic acids is 1. The molecular weight excluding hydrogens is 420 g/mol. The summed E-state index contributed by atoms with van der Waals surface area (Å²) in [6.07, 6.45) is 3.03. The van der Waals surface area contributed by atoms with Crippen LogP contribution in [0.25, 0.3) is 10.9 Å². The molecule has 0 unspecified atom stereocenters. The molecule has 2 heterocycles. The Kier molecular flexibility index (Phi) is 4.99. The molecule has 138 valence electrons. The highest BCUT2D eigenvalue weighted by atomic mass is 79.9. The number of amides is 1. The molecule has 0 spiro atoms. The average molecular weight is 435 g/mol. The molecule has 0 atom stereocenters. The van der Waals surface area contributed by atoms with E-state index in [-0.39, 0.29) is 11.6 Å². The number of halogens is 1. The summed E-state index contributed by atoms with van der Waals surface area (Å²) >= 11 is 3.45. The quantitative estimate of drug-likeness (QED) is 0.432. The van der Waals surface area contributed by atoms with E-state index >= 15 is 0 Å². The van der Waals surface area contributed by atoms with Crippen LogP contribution in [-0.4, -0.2) is 20.6 Å². The molecule has 0 aliphatic carbocycles. The lowest BCUT2D eigenvalue weighted by molar-refractivity contribution is 0.0995. The first-order valence-electron chi connectivity index (χ1n) is 8.54. The predicted octanol–water partition coefficient (Wildman–Crippen LogP) is 5.48. The van der Waals surface area contributed by atoms with Crippen LogP contribution in [0, 0.1) is 0 Å². The molecular formula is C21H15BrN4O2. The molecule has 6 nitrogen and oxygen atoms in total. The van der Waals surface area contributed by atoms with E-state index in [9.17, 15) is 9.90 Å². The Balaban J connectivity index is 1.77. The van der Waals surface area contributed by atoms with Crippen molar-refractivity contribution in [2.75, 3.05) is 0 Å². The van der Waals surface area contributed by atoms with Gasteiger partial charge in [0.05, 0.1) is 12.1 Å². The zero-order chi connectivity index (χ0) is 19.5. The summed E-state index contributed by atoms with van der Waals surface area (Å²) in [7, 11) is 0. The molecule has 0 saturated carbocycles. The van der Waals surface area contributed by atoms with Crippen molar-refractivity contribution in [2.24, 2.45) is 10.2 Å². The first-order chi connectivity index (χ1) is 13.6. The third kappa shape index (κ3) is 3.57. The van der Waals surface area contributed by atoms with E-state index in [1.807, 2.05) is 48.5 Å². The predicted molar refractivity (Wildman–Crippen MR) is 110 cm³/mol. The van der Waals surface area contributed by atoms with Crippen molar-refractivity contribution in [3.05, 3.63) is 88.7 Å². The number of aromatic nitrogens is 2. The molecule has 4 rings (SSSR count). The van der Waals surface area contributed by atoms with E-state index in [4.69, 9.17) is 0 Å². The second-order valence-electron chi connectivity index (χ2n) is 6.15. The monoisotopic (exact) mass is 434 g/mol. The van der Waals surface area contributed by atoms with Crippen LogP contribution in [0.5, 0.6) is 5.88 Å². The van der Waals surface area contributed by atoms with Crippen LogP contribution in [-0.2, 0) is 6.54 Å². The van der Waals surface area contributed by atoms with Crippen LogP contribution >= 0.6 is 15.9 Å². The Morgan fingerprint density at radius 1 is 1.07 bits per heavy atom. The molecule has 28 heavy (non-hydrogen) atoms. The van der Waals surface area contributed by atoms with Crippen LogP contribution < -0.4 is 0 Å². The normalized spacial score (nSPS) is 11.3. The van der Waals surface area contributed by atoms with Gasteiger partial charge in [-0.3, -0.25) is 9.78 Å². The first kappa shape index (κ1) is 18.1. The van der Waals surface area contributed by atoms with E-state index < -0.39 is 5.91 Å². The van der Waals surface area contributed by atoms with E-state index in [2.05, 4.69) is 31.1 Å². The van der Waals surface area contributed by atoms with Crippen LogP contribution in [0.2, 0.25) is 0 Å². The summed E-state index contributed by atoms with van der Waals surface area (Å²) in [4.78, 5) is 16.1. The van der Waals surface area contributed by atoms with Gasteiger partial charge >= 0.3 is 0 Å². The number of carbonyl (C=O) groups is 1. The molecule has 1 amide bonds. The lowest BCUT2D eigenvalue weighted by atomic mass is 10.2. The van der Waals surface area contributed by atoms with Crippen molar-refractivity contribution < 1.29 is 9.90 Å². The molecule has 2 aromatic carbocycles. The molecule has 7 heteroatoms. The smallest absolute Gasteiger partial charge is 0.295 e. The van der Waals surface area contributed by atoms with Gasteiger partial charge in [0.25, 0.3) is 5.91 Å². The highest BCUT2D eigenvalue weighted by Crippen LogP contribution is 2.40. The minimum absolute atomic E-state index is 0.0387. The van der Waals surface area contributed by atoms with Crippen LogP contribution in [0.4, 0.5) is 5.69 Å². The molecule has 0 aliphatic heterocycles. The number of fused-ring (bicyclic) bond motifs is 1. The summed E-state index contributed by atoms with van der Waals surface area (Å²) in [6.45, 7) is 0.471. The van der Waals surface area contributed by atoms with Gasteiger partial charge in [0.1, 0.15) is 0 Å². The fourth-order valence-electron chi connectivity index (χ4n) is 2.97. The number of aromatic hydroxyl groups is 1. The summed E-state index contributed by atoms with van der Waals surface area (Å²) < 4.78 is 2.59. The van der Waals surface area contributed by atoms with E-state index in [0.717, 1.165) is 15.6 Å². The topological polar surface area (TPSA) is 79.8 Å². The molecule has 0 bridgehead atoms. The SMILES string of the molecule is O=C(N=Nc1c(O)n(Cc2ccccc2)c2ccc(Br)cc12)c1ccncc1. The number of azo groups is 1. The third-order valence-electron chi connectivity index (χ3n) is 4.32. The highest BCUT2D eigenvalue weighted by molar-refractivity contribution is 9.10. The van der Waals surface area contributed by atoms with Gasteiger partial charge in [-0.1, -0.05) is 46.3 Å². The van der Waals surface area contributed by atoms with Gasteiger partial charge < -0.3 is 9.67 Å². The largest absolute Gasteiger partial charge is 0.493 e. The number of nitrogens with zero attached hydrogens (tertiary/aromatic N) is 4. The number of pyridine rings is 1. The summed E-state index contributed by atoms with van der Waals surface area (Å²) in [5, 5.41) is 19.4. The maximum Gasteiger partial charge on any atom is 0.295 e. The Bertz CT molecular complexity index is 1170. The fraction of sp³-hybridized carbons (Fsp3) is 0.0476. The van der Waals surface area contributed by atoms with E-state index in [1.165, 1.54) is 12.4 Å². The first-order valence-corrected chi connectivity index (χ1v) is 9.33. The van der Waals surface area contributed by atoms with Gasteiger partial charge in [0, 0.05) is 27.8 Å².